The topological polar surface area (TPSA) is 83.1 Å². The van der Waals surface area contributed by atoms with Gasteiger partial charge in [0.25, 0.3) is 0 Å². The largest absolute Gasteiger partial charge is 0.494 e. The van der Waals surface area contributed by atoms with Crippen LogP contribution >= 0.6 is 23.5 Å². The molecule has 1 heterocycles. The van der Waals surface area contributed by atoms with Gasteiger partial charge in [-0.2, -0.15) is 0 Å². The Morgan fingerprint density at radius 2 is 1.83 bits per heavy atom. The molecule has 0 N–H and O–H groups in total. The summed E-state index contributed by atoms with van der Waals surface area (Å²) < 4.78 is 7.41. The minimum absolute atomic E-state index is 0.196. The fourth-order valence-electron chi connectivity index (χ4n) is 2.87. The van der Waals surface area contributed by atoms with E-state index in [-0.39, 0.29) is 16.7 Å². The molecule has 29 heavy (non-hydrogen) atoms. The van der Waals surface area contributed by atoms with Crippen molar-refractivity contribution in [1.29, 1.82) is 0 Å². The maximum absolute atomic E-state index is 11.3. The van der Waals surface area contributed by atoms with Crippen LogP contribution in [0, 0.1) is 17.0 Å². The second-order valence-corrected chi connectivity index (χ2v) is 8.24. The van der Waals surface area contributed by atoms with E-state index < -0.39 is 0 Å². The number of thioether (sulfide) groups is 2. The Kier molecular flexibility index (Phi) is 7.16. The molecule has 0 bridgehead atoms. The summed E-state index contributed by atoms with van der Waals surface area (Å²) in [6, 6.07) is 15.5. The molecule has 0 unspecified atom stereocenters. The van der Waals surface area contributed by atoms with Crippen LogP contribution in [0.2, 0.25) is 0 Å². The summed E-state index contributed by atoms with van der Waals surface area (Å²) in [5.74, 6) is 1.51. The number of nitrogens with zero attached hydrogens (tertiary/aromatic N) is 4. The molecular formula is C20H22N4O3S2. The van der Waals surface area contributed by atoms with Gasteiger partial charge in [0.1, 0.15) is 16.8 Å². The van der Waals surface area contributed by atoms with Gasteiger partial charge in [-0.25, -0.2) is 0 Å². The van der Waals surface area contributed by atoms with E-state index in [1.807, 2.05) is 73.2 Å². The van der Waals surface area contributed by atoms with E-state index in [1.54, 1.807) is 11.8 Å². The van der Waals surface area contributed by atoms with E-state index in [0.717, 1.165) is 21.9 Å². The number of nitro groups is 1. The molecule has 0 radical (unpaired) electrons. The number of rotatable bonds is 9. The summed E-state index contributed by atoms with van der Waals surface area (Å²) in [7, 11) is 0. The Bertz CT molecular complexity index is 959. The molecule has 0 saturated heterocycles. The fraction of sp³-hybridized carbons (Fsp3) is 0.300. The predicted molar refractivity (Wildman–Crippen MR) is 116 cm³/mol. The smallest absolute Gasteiger partial charge is 0.220 e. The maximum atomic E-state index is 11.3. The molecule has 1 atom stereocenters. The van der Waals surface area contributed by atoms with Gasteiger partial charge in [0, 0.05) is 15.5 Å². The lowest BCUT2D eigenvalue weighted by Gasteiger charge is -2.15. The van der Waals surface area contributed by atoms with E-state index in [1.165, 1.54) is 11.8 Å². The highest BCUT2D eigenvalue weighted by atomic mass is 32.2. The first kappa shape index (κ1) is 21.2. The lowest BCUT2D eigenvalue weighted by molar-refractivity contribution is -0.479. The summed E-state index contributed by atoms with van der Waals surface area (Å²) in [5, 5.41) is 20.0. The van der Waals surface area contributed by atoms with Gasteiger partial charge >= 0.3 is 0 Å². The monoisotopic (exact) mass is 430 g/mol. The molecule has 7 nitrogen and oxygen atoms in total. The van der Waals surface area contributed by atoms with Crippen LogP contribution in [-0.2, 0) is 0 Å². The van der Waals surface area contributed by atoms with Gasteiger partial charge < -0.3 is 4.74 Å². The van der Waals surface area contributed by atoms with Crippen molar-refractivity contribution in [2.45, 2.75) is 29.1 Å². The Labute approximate surface area is 178 Å². The molecular weight excluding hydrogens is 408 g/mol. The Balaban J connectivity index is 1.91. The average molecular weight is 431 g/mol. The standard InChI is InChI=1S/C20H22N4O3S2/c1-4-27-17-9-7-16(8-10-17)24-14(2)21-22-20(24)29-19(13-23(25)26)15-5-11-18(28-3)12-6-15/h5-12,19H,4,13H2,1-3H3/t19-/m0/s1. The van der Waals surface area contributed by atoms with Crippen LogP contribution in [0.1, 0.15) is 23.6 Å². The molecule has 0 saturated carbocycles. The molecule has 0 aliphatic rings. The molecule has 0 spiro atoms. The maximum Gasteiger partial charge on any atom is 0.220 e. The number of aromatic nitrogens is 3. The first-order chi connectivity index (χ1) is 14.0. The van der Waals surface area contributed by atoms with Gasteiger partial charge in [-0.1, -0.05) is 23.9 Å². The predicted octanol–water partition coefficient (Wildman–Crippen LogP) is 4.81. The molecule has 0 amide bonds. The van der Waals surface area contributed by atoms with Crippen molar-refractivity contribution in [3.05, 3.63) is 70.0 Å². The zero-order valence-electron chi connectivity index (χ0n) is 16.4. The zero-order chi connectivity index (χ0) is 20.8. The van der Waals surface area contributed by atoms with E-state index in [2.05, 4.69) is 10.2 Å². The average Bonchev–Trinajstić information content (AvgIpc) is 3.08. The minimum atomic E-state index is -0.369. The molecule has 0 fully saturated rings. The molecule has 3 rings (SSSR count). The van der Waals surface area contributed by atoms with Crippen LogP contribution in [0.3, 0.4) is 0 Å². The number of hydrogen-bond donors (Lipinski definition) is 0. The molecule has 1 aromatic heterocycles. The highest BCUT2D eigenvalue weighted by molar-refractivity contribution is 7.99. The molecule has 3 aromatic rings. The summed E-state index contributed by atoms with van der Waals surface area (Å²) in [4.78, 5) is 12.1. The van der Waals surface area contributed by atoms with Crippen LogP contribution in [0.4, 0.5) is 0 Å². The van der Waals surface area contributed by atoms with E-state index in [4.69, 9.17) is 4.74 Å². The summed E-state index contributed by atoms with van der Waals surface area (Å²) >= 11 is 2.99. The third-order valence-corrected chi connectivity index (χ3v) is 6.18. The van der Waals surface area contributed by atoms with Gasteiger partial charge in [0.05, 0.1) is 6.61 Å². The summed E-state index contributed by atoms with van der Waals surface area (Å²) in [5.41, 5.74) is 1.78. The van der Waals surface area contributed by atoms with E-state index in [9.17, 15) is 10.1 Å². The van der Waals surface area contributed by atoms with Crippen molar-refractivity contribution >= 4 is 23.5 Å². The summed E-state index contributed by atoms with van der Waals surface area (Å²) in [6.07, 6.45) is 2.00. The number of hydrogen-bond acceptors (Lipinski definition) is 7. The van der Waals surface area contributed by atoms with Crippen molar-refractivity contribution in [3.63, 3.8) is 0 Å². The molecule has 9 heteroatoms. The van der Waals surface area contributed by atoms with Crippen LogP contribution in [0.25, 0.3) is 5.69 Å². The first-order valence-corrected chi connectivity index (χ1v) is 11.2. The molecule has 152 valence electrons. The van der Waals surface area contributed by atoms with Crippen LogP contribution in [0.15, 0.2) is 58.6 Å². The second-order valence-electron chi connectivity index (χ2n) is 6.19. The Morgan fingerprint density at radius 3 is 2.41 bits per heavy atom. The highest BCUT2D eigenvalue weighted by Gasteiger charge is 2.23. The SMILES string of the molecule is CCOc1ccc(-n2c(C)nnc2S[C@@H](C[N+](=O)[O-])c2ccc(SC)cc2)cc1. The third-order valence-electron chi connectivity index (χ3n) is 4.25. The summed E-state index contributed by atoms with van der Waals surface area (Å²) in [6.45, 7) is 4.21. The number of benzene rings is 2. The van der Waals surface area contributed by atoms with Crippen molar-refractivity contribution in [2.24, 2.45) is 0 Å². The van der Waals surface area contributed by atoms with E-state index >= 15 is 0 Å². The van der Waals surface area contributed by atoms with Crippen molar-refractivity contribution in [1.82, 2.24) is 14.8 Å². The van der Waals surface area contributed by atoms with Crippen molar-refractivity contribution in [3.8, 4) is 11.4 Å². The van der Waals surface area contributed by atoms with Gasteiger partial charge in [-0.15, -0.1) is 22.0 Å². The van der Waals surface area contributed by atoms with Crippen molar-refractivity contribution < 1.29 is 9.66 Å². The highest BCUT2D eigenvalue weighted by Crippen LogP contribution is 2.36. The zero-order valence-corrected chi connectivity index (χ0v) is 18.1. The number of aryl methyl sites for hydroxylation is 1. The van der Waals surface area contributed by atoms with Gasteiger partial charge in [0.15, 0.2) is 5.16 Å². The van der Waals surface area contributed by atoms with Gasteiger partial charge in [0.2, 0.25) is 6.54 Å². The van der Waals surface area contributed by atoms with Gasteiger partial charge in [-0.05, 0) is 62.1 Å². The quantitative estimate of drug-likeness (QED) is 0.274. The normalized spacial score (nSPS) is 12.0. The lowest BCUT2D eigenvalue weighted by Crippen LogP contribution is -2.11. The lowest BCUT2D eigenvalue weighted by atomic mass is 10.1. The Morgan fingerprint density at radius 1 is 1.14 bits per heavy atom. The fourth-order valence-corrected chi connectivity index (χ4v) is 4.45. The van der Waals surface area contributed by atoms with Crippen LogP contribution < -0.4 is 4.74 Å². The van der Waals surface area contributed by atoms with Crippen LogP contribution in [0.5, 0.6) is 5.75 Å². The minimum Gasteiger partial charge on any atom is -0.494 e. The molecule has 2 aromatic carbocycles. The molecule has 0 aliphatic carbocycles. The second kappa shape index (κ2) is 9.80. The van der Waals surface area contributed by atoms with Crippen molar-refractivity contribution in [2.75, 3.05) is 19.4 Å². The third kappa shape index (κ3) is 5.30. The first-order valence-electron chi connectivity index (χ1n) is 9.09. The van der Waals surface area contributed by atoms with Gasteiger partial charge in [-0.3, -0.25) is 14.7 Å². The van der Waals surface area contributed by atoms with Crippen LogP contribution in [-0.4, -0.2) is 39.1 Å². The number of ether oxygens (including phenoxy) is 1. The Hall–Kier alpha value is -2.52. The molecule has 0 aliphatic heterocycles. The van der Waals surface area contributed by atoms with E-state index in [0.29, 0.717) is 17.6 Å².